The van der Waals surface area contributed by atoms with Gasteiger partial charge in [0.25, 0.3) is 0 Å². The first-order valence-corrected chi connectivity index (χ1v) is 6.44. The Morgan fingerprint density at radius 1 is 1.39 bits per heavy atom. The van der Waals surface area contributed by atoms with Crippen LogP contribution in [0.25, 0.3) is 0 Å². The molecule has 0 radical (unpaired) electrons. The minimum Gasteiger partial charge on any atom is -0.496 e. The van der Waals surface area contributed by atoms with E-state index < -0.39 is 5.54 Å². The summed E-state index contributed by atoms with van der Waals surface area (Å²) in [7, 11) is 1.62. The number of hydrogen-bond donors (Lipinski definition) is 0. The van der Waals surface area contributed by atoms with E-state index in [0.717, 1.165) is 42.6 Å². The van der Waals surface area contributed by atoms with Crippen molar-refractivity contribution in [3.05, 3.63) is 28.3 Å². The first kappa shape index (κ1) is 13.1. The second-order valence-electron chi connectivity index (χ2n) is 4.72. The maximum Gasteiger partial charge on any atom is 0.235 e. The van der Waals surface area contributed by atoms with Crippen LogP contribution in [0.5, 0.6) is 5.75 Å². The van der Waals surface area contributed by atoms with Crippen molar-refractivity contribution in [1.82, 2.24) is 0 Å². The molecular formula is C14H16ClNO2. The predicted octanol–water partition coefficient (Wildman–Crippen LogP) is 3.76. The molecule has 3 nitrogen and oxygen atoms in total. The average molecular weight is 266 g/mol. The van der Waals surface area contributed by atoms with Gasteiger partial charge >= 0.3 is 0 Å². The Bertz CT molecular complexity index is 501. The molecule has 18 heavy (non-hydrogen) atoms. The van der Waals surface area contributed by atoms with E-state index in [-0.39, 0.29) is 0 Å². The number of hydrogen-bond acceptors (Lipinski definition) is 3. The summed E-state index contributed by atoms with van der Waals surface area (Å²) in [5.74, 6) is 0.741. The van der Waals surface area contributed by atoms with Crippen molar-refractivity contribution in [3.63, 3.8) is 0 Å². The summed E-state index contributed by atoms with van der Waals surface area (Å²) >= 11 is 6.12. The summed E-state index contributed by atoms with van der Waals surface area (Å²) < 4.78 is 5.32. The van der Waals surface area contributed by atoms with Gasteiger partial charge in [0.15, 0.2) is 0 Å². The minimum absolute atomic E-state index is 0.454. The van der Waals surface area contributed by atoms with Gasteiger partial charge in [0.05, 0.1) is 12.6 Å². The van der Waals surface area contributed by atoms with Gasteiger partial charge < -0.3 is 4.74 Å². The zero-order valence-electron chi connectivity index (χ0n) is 10.6. The van der Waals surface area contributed by atoms with Gasteiger partial charge in [-0.2, -0.15) is 4.99 Å². The Balaban J connectivity index is 2.61. The van der Waals surface area contributed by atoms with Crippen molar-refractivity contribution in [2.24, 2.45) is 4.99 Å². The lowest BCUT2D eigenvalue weighted by Gasteiger charge is -2.26. The zero-order chi connectivity index (χ0) is 13.2. The van der Waals surface area contributed by atoms with Crippen molar-refractivity contribution in [2.75, 3.05) is 7.11 Å². The van der Waals surface area contributed by atoms with Gasteiger partial charge in [0.1, 0.15) is 5.75 Å². The third-order valence-electron chi connectivity index (χ3n) is 3.74. The molecule has 0 N–H and O–H groups in total. The van der Waals surface area contributed by atoms with Crippen LogP contribution >= 0.6 is 11.6 Å². The molecule has 2 rings (SSSR count). The highest BCUT2D eigenvalue weighted by Crippen LogP contribution is 2.45. The molecule has 1 aromatic carbocycles. The minimum atomic E-state index is -0.454. The second-order valence-corrected chi connectivity index (χ2v) is 5.16. The number of ether oxygens (including phenoxy) is 1. The van der Waals surface area contributed by atoms with Gasteiger partial charge in [-0.15, -0.1) is 0 Å². The van der Waals surface area contributed by atoms with Gasteiger partial charge in [-0.3, -0.25) is 0 Å². The molecule has 4 heteroatoms. The molecule has 0 aliphatic heterocycles. The van der Waals surface area contributed by atoms with Gasteiger partial charge in [0.2, 0.25) is 6.08 Å². The van der Waals surface area contributed by atoms with Crippen molar-refractivity contribution in [3.8, 4) is 5.75 Å². The van der Waals surface area contributed by atoms with Crippen LogP contribution in [0.1, 0.15) is 36.8 Å². The molecule has 0 saturated heterocycles. The predicted molar refractivity (Wildman–Crippen MR) is 71.0 cm³/mol. The number of methoxy groups -OCH3 is 1. The number of nitrogens with zero attached hydrogens (tertiary/aromatic N) is 1. The highest BCUT2D eigenvalue weighted by molar-refractivity contribution is 6.30. The molecule has 0 aromatic heterocycles. The quantitative estimate of drug-likeness (QED) is 0.616. The van der Waals surface area contributed by atoms with Crippen LogP contribution in [-0.2, 0) is 10.3 Å². The number of halogens is 1. The fraction of sp³-hybridized carbons (Fsp3) is 0.500. The van der Waals surface area contributed by atoms with E-state index in [2.05, 4.69) is 4.99 Å². The van der Waals surface area contributed by atoms with Crippen molar-refractivity contribution < 1.29 is 9.53 Å². The number of rotatable bonds is 3. The first-order chi connectivity index (χ1) is 8.63. The number of aliphatic imine (C=N–C) groups is 1. The molecule has 96 valence electrons. The van der Waals surface area contributed by atoms with Crippen molar-refractivity contribution in [1.29, 1.82) is 0 Å². The summed E-state index contributed by atoms with van der Waals surface area (Å²) in [5.41, 5.74) is 1.54. The summed E-state index contributed by atoms with van der Waals surface area (Å²) in [6.45, 7) is 1.98. The normalized spacial score (nSPS) is 17.3. The standard InChI is InChI=1S/C14H16ClNO2/c1-10-12(7-11(15)8-13(10)18-2)14(16-9-17)5-3-4-6-14/h7-8H,3-6H2,1-2H3. The molecule has 0 heterocycles. The van der Waals surface area contributed by atoms with Crippen LogP contribution in [0.15, 0.2) is 17.1 Å². The third-order valence-corrected chi connectivity index (χ3v) is 3.95. The van der Waals surface area contributed by atoms with Crippen LogP contribution in [0.2, 0.25) is 5.02 Å². The van der Waals surface area contributed by atoms with E-state index in [4.69, 9.17) is 16.3 Å². The van der Waals surface area contributed by atoms with Crippen LogP contribution in [0, 0.1) is 6.92 Å². The van der Waals surface area contributed by atoms with E-state index in [1.807, 2.05) is 13.0 Å². The molecule has 0 amide bonds. The number of carbonyl (C=O) groups excluding carboxylic acids is 1. The molecular weight excluding hydrogens is 250 g/mol. The highest BCUT2D eigenvalue weighted by Gasteiger charge is 2.37. The van der Waals surface area contributed by atoms with E-state index in [9.17, 15) is 4.79 Å². The van der Waals surface area contributed by atoms with Crippen LogP contribution < -0.4 is 4.74 Å². The first-order valence-electron chi connectivity index (χ1n) is 6.06. The van der Waals surface area contributed by atoms with E-state index in [1.165, 1.54) is 0 Å². The summed E-state index contributed by atoms with van der Waals surface area (Å²) in [4.78, 5) is 14.8. The second kappa shape index (κ2) is 5.13. The molecule has 0 unspecified atom stereocenters. The van der Waals surface area contributed by atoms with E-state index in [0.29, 0.717) is 5.02 Å². The summed E-state index contributed by atoms with van der Waals surface area (Å²) in [6.07, 6.45) is 5.60. The van der Waals surface area contributed by atoms with Crippen LogP contribution in [0.3, 0.4) is 0 Å². The highest BCUT2D eigenvalue weighted by atomic mass is 35.5. The molecule has 1 fully saturated rings. The number of benzene rings is 1. The Kier molecular flexibility index (Phi) is 3.74. The average Bonchev–Trinajstić information content (AvgIpc) is 2.81. The molecule has 0 atom stereocenters. The topological polar surface area (TPSA) is 38.7 Å². The van der Waals surface area contributed by atoms with Crippen molar-refractivity contribution in [2.45, 2.75) is 38.1 Å². The Morgan fingerprint density at radius 3 is 2.61 bits per heavy atom. The van der Waals surface area contributed by atoms with Gasteiger partial charge in [-0.1, -0.05) is 24.4 Å². The molecule has 1 saturated carbocycles. The van der Waals surface area contributed by atoms with Crippen molar-refractivity contribution >= 4 is 17.7 Å². The molecule has 0 bridgehead atoms. The maximum absolute atomic E-state index is 10.7. The Hall–Kier alpha value is -1.31. The monoisotopic (exact) mass is 265 g/mol. The smallest absolute Gasteiger partial charge is 0.235 e. The molecule has 1 aromatic rings. The summed E-state index contributed by atoms with van der Waals surface area (Å²) in [6, 6.07) is 3.68. The van der Waals surface area contributed by atoms with Gasteiger partial charge in [-0.05, 0) is 43.0 Å². The molecule has 1 aliphatic rings. The van der Waals surface area contributed by atoms with Gasteiger partial charge in [-0.25, -0.2) is 4.79 Å². The third kappa shape index (κ3) is 2.16. The lowest BCUT2D eigenvalue weighted by Crippen LogP contribution is -2.20. The lowest BCUT2D eigenvalue weighted by atomic mass is 9.85. The SMILES string of the molecule is COc1cc(Cl)cc(C2(N=C=O)CCCC2)c1C. The Morgan fingerprint density at radius 2 is 2.06 bits per heavy atom. The number of isocyanates is 1. The van der Waals surface area contributed by atoms with Crippen LogP contribution in [-0.4, -0.2) is 13.2 Å². The van der Waals surface area contributed by atoms with Crippen LogP contribution in [0.4, 0.5) is 0 Å². The lowest BCUT2D eigenvalue weighted by molar-refractivity contribution is 0.404. The maximum atomic E-state index is 10.7. The van der Waals surface area contributed by atoms with E-state index >= 15 is 0 Å². The summed E-state index contributed by atoms with van der Waals surface area (Å²) in [5, 5.41) is 0.611. The molecule has 0 spiro atoms. The largest absolute Gasteiger partial charge is 0.496 e. The molecule has 1 aliphatic carbocycles. The zero-order valence-corrected chi connectivity index (χ0v) is 11.4. The fourth-order valence-electron chi connectivity index (χ4n) is 2.84. The van der Waals surface area contributed by atoms with E-state index in [1.54, 1.807) is 19.3 Å². The fourth-order valence-corrected chi connectivity index (χ4v) is 3.05. The Labute approximate surface area is 112 Å². The van der Waals surface area contributed by atoms with Gasteiger partial charge in [0, 0.05) is 5.02 Å².